The van der Waals surface area contributed by atoms with E-state index in [4.69, 9.17) is 4.42 Å². The Morgan fingerprint density at radius 3 is 2.60 bits per heavy atom. The summed E-state index contributed by atoms with van der Waals surface area (Å²) in [6.07, 6.45) is 1.62. The van der Waals surface area contributed by atoms with Crippen LogP contribution >= 0.6 is 0 Å². The first-order valence-electron chi connectivity index (χ1n) is 8.81. The van der Waals surface area contributed by atoms with Gasteiger partial charge in [0.15, 0.2) is 5.58 Å². The van der Waals surface area contributed by atoms with Crippen LogP contribution in [0.15, 0.2) is 68.8 Å². The lowest BCUT2D eigenvalue weighted by Gasteiger charge is -2.13. The molecule has 30 heavy (non-hydrogen) atoms. The second kappa shape index (κ2) is 6.92. The predicted octanol–water partition coefficient (Wildman–Crippen LogP) is 2.73. The van der Waals surface area contributed by atoms with E-state index in [1.165, 1.54) is 40.4 Å². The van der Waals surface area contributed by atoms with Crippen molar-refractivity contribution in [2.24, 2.45) is 7.05 Å². The highest BCUT2D eigenvalue weighted by Gasteiger charge is 2.18. The highest BCUT2D eigenvalue weighted by Crippen LogP contribution is 2.24. The minimum atomic E-state index is -3.94. The van der Waals surface area contributed by atoms with Gasteiger partial charge < -0.3 is 14.1 Å². The van der Waals surface area contributed by atoms with Crippen LogP contribution in [-0.4, -0.2) is 28.6 Å². The van der Waals surface area contributed by atoms with Crippen molar-refractivity contribution in [2.75, 3.05) is 4.72 Å². The Kier molecular flexibility index (Phi) is 4.50. The van der Waals surface area contributed by atoms with Gasteiger partial charge in [-0.25, -0.2) is 18.0 Å². The van der Waals surface area contributed by atoms with Gasteiger partial charge in [0.25, 0.3) is 10.0 Å². The number of nitrogens with zero attached hydrogens (tertiary/aromatic N) is 2. The number of hydrogen-bond donors (Lipinski definition) is 2. The van der Waals surface area contributed by atoms with Gasteiger partial charge in [-0.3, -0.25) is 9.29 Å². The van der Waals surface area contributed by atoms with Gasteiger partial charge in [-0.1, -0.05) is 0 Å². The molecule has 0 bridgehead atoms. The maximum Gasteiger partial charge on any atom is 0.419 e. The van der Waals surface area contributed by atoms with Crippen LogP contribution in [0.1, 0.15) is 16.1 Å². The molecule has 0 aliphatic heterocycles. The summed E-state index contributed by atoms with van der Waals surface area (Å²) in [7, 11) is -2.40. The smallest absolute Gasteiger partial charge is 0.419 e. The Hall–Kier alpha value is -3.79. The fourth-order valence-corrected chi connectivity index (χ4v) is 4.31. The Morgan fingerprint density at radius 1 is 1.13 bits per heavy atom. The van der Waals surface area contributed by atoms with E-state index < -0.39 is 21.7 Å². The molecule has 4 aromatic rings. The highest BCUT2D eigenvalue weighted by atomic mass is 32.2. The molecular weight excluding hydrogens is 410 g/mol. The lowest BCUT2D eigenvalue weighted by Crippen LogP contribution is -2.13. The van der Waals surface area contributed by atoms with Crippen molar-refractivity contribution in [3.63, 3.8) is 0 Å². The number of aromatic nitrogens is 2. The van der Waals surface area contributed by atoms with Gasteiger partial charge in [-0.05, 0) is 55.0 Å². The second-order valence-corrected chi connectivity index (χ2v) is 8.41. The first-order chi connectivity index (χ1) is 14.2. The van der Waals surface area contributed by atoms with Crippen molar-refractivity contribution in [1.29, 1.82) is 0 Å². The molecule has 2 heterocycles. The van der Waals surface area contributed by atoms with Crippen molar-refractivity contribution in [3.8, 4) is 5.69 Å². The molecule has 2 aromatic heterocycles. The molecule has 0 spiro atoms. The van der Waals surface area contributed by atoms with E-state index in [0.717, 1.165) is 0 Å². The lowest BCUT2D eigenvalue weighted by atomic mass is 10.1. The van der Waals surface area contributed by atoms with Crippen LogP contribution in [0.3, 0.4) is 0 Å². The van der Waals surface area contributed by atoms with Crippen LogP contribution in [0.25, 0.3) is 16.8 Å². The number of carboxylic acids is 1. The van der Waals surface area contributed by atoms with Crippen LogP contribution in [0.4, 0.5) is 5.69 Å². The van der Waals surface area contributed by atoms with E-state index in [2.05, 4.69) is 4.72 Å². The molecule has 0 unspecified atom stereocenters. The zero-order valence-electron chi connectivity index (χ0n) is 16.0. The number of sulfonamides is 1. The van der Waals surface area contributed by atoms with Crippen LogP contribution in [0.2, 0.25) is 0 Å². The average molecular weight is 427 g/mol. The third-order valence-corrected chi connectivity index (χ3v) is 6.13. The monoisotopic (exact) mass is 427 g/mol. The minimum absolute atomic E-state index is 0.0512. The Labute approximate surface area is 170 Å². The summed E-state index contributed by atoms with van der Waals surface area (Å²) in [6.45, 7) is 1.75. The molecule has 0 saturated heterocycles. The van der Waals surface area contributed by atoms with Gasteiger partial charge in [-0.2, -0.15) is 0 Å². The molecule has 154 valence electrons. The molecule has 2 N–H and O–H groups in total. The maximum absolute atomic E-state index is 12.8. The quantitative estimate of drug-likeness (QED) is 0.505. The van der Waals surface area contributed by atoms with Crippen LogP contribution in [-0.2, 0) is 17.1 Å². The van der Waals surface area contributed by atoms with E-state index in [9.17, 15) is 23.1 Å². The van der Waals surface area contributed by atoms with E-state index >= 15 is 0 Å². The molecule has 0 aliphatic carbocycles. The summed E-state index contributed by atoms with van der Waals surface area (Å²) in [5.74, 6) is -1.64. The van der Waals surface area contributed by atoms with Gasteiger partial charge in [-0.15, -0.1) is 0 Å². The fourth-order valence-electron chi connectivity index (χ4n) is 3.25. The normalized spacial score (nSPS) is 11.7. The number of carbonyl (C=O) groups is 1. The maximum atomic E-state index is 12.8. The number of rotatable bonds is 5. The lowest BCUT2D eigenvalue weighted by molar-refractivity contribution is 0.0688. The molecule has 4 rings (SSSR count). The standard InChI is InChI=1S/C20H17N3O6S/c1-12-10-13(5-7-15(12)23-9-3-4-17(23)19(24)25)21-30(27,28)14-6-8-16-18(11-14)29-20(26)22(16)2/h3-11,21H,1-2H3,(H,24,25). The van der Waals surface area contributed by atoms with Crippen LogP contribution in [0, 0.1) is 6.92 Å². The summed E-state index contributed by atoms with van der Waals surface area (Å²) in [6, 6.07) is 12.1. The molecule has 9 nitrogen and oxygen atoms in total. The molecule has 0 amide bonds. The van der Waals surface area contributed by atoms with E-state index in [1.807, 2.05) is 0 Å². The highest BCUT2D eigenvalue weighted by molar-refractivity contribution is 7.92. The molecule has 0 radical (unpaired) electrons. The van der Waals surface area contributed by atoms with Crippen molar-refractivity contribution >= 4 is 32.8 Å². The number of benzene rings is 2. The van der Waals surface area contributed by atoms with Gasteiger partial charge in [0.05, 0.1) is 10.4 Å². The van der Waals surface area contributed by atoms with Crippen molar-refractivity contribution in [3.05, 3.63) is 76.5 Å². The largest absolute Gasteiger partial charge is 0.477 e. The van der Waals surface area contributed by atoms with E-state index in [1.54, 1.807) is 37.4 Å². The molecule has 0 saturated carbocycles. The minimum Gasteiger partial charge on any atom is -0.477 e. The molecule has 0 fully saturated rings. The van der Waals surface area contributed by atoms with Crippen LogP contribution < -0.4 is 10.5 Å². The Bertz CT molecular complexity index is 1460. The third kappa shape index (κ3) is 3.26. The first kappa shape index (κ1) is 19.5. The Balaban J connectivity index is 1.67. The number of hydrogen-bond acceptors (Lipinski definition) is 5. The molecular formula is C20H17N3O6S. The second-order valence-electron chi connectivity index (χ2n) is 6.73. The number of carboxylic acid groups (broad SMARTS) is 1. The summed E-state index contributed by atoms with van der Waals surface area (Å²) >= 11 is 0. The zero-order chi connectivity index (χ0) is 21.6. The number of oxazole rings is 1. The van der Waals surface area contributed by atoms with Crippen LogP contribution in [0.5, 0.6) is 0 Å². The number of aryl methyl sites for hydroxylation is 2. The van der Waals surface area contributed by atoms with E-state index in [-0.39, 0.29) is 16.2 Å². The van der Waals surface area contributed by atoms with Gasteiger partial charge in [0.1, 0.15) is 5.69 Å². The summed E-state index contributed by atoms with van der Waals surface area (Å²) in [5.41, 5.74) is 2.37. The number of anilines is 1. The summed E-state index contributed by atoms with van der Waals surface area (Å²) < 4.78 is 35.9. The van der Waals surface area contributed by atoms with E-state index in [0.29, 0.717) is 22.5 Å². The van der Waals surface area contributed by atoms with Crippen molar-refractivity contribution in [1.82, 2.24) is 9.13 Å². The van der Waals surface area contributed by atoms with Crippen molar-refractivity contribution in [2.45, 2.75) is 11.8 Å². The third-order valence-electron chi connectivity index (χ3n) is 4.75. The van der Waals surface area contributed by atoms with Gasteiger partial charge >= 0.3 is 11.7 Å². The number of nitrogens with one attached hydrogen (secondary N) is 1. The zero-order valence-corrected chi connectivity index (χ0v) is 16.8. The van der Waals surface area contributed by atoms with Gasteiger partial charge in [0, 0.05) is 30.7 Å². The van der Waals surface area contributed by atoms with Gasteiger partial charge in [0.2, 0.25) is 0 Å². The molecule has 10 heteroatoms. The summed E-state index contributed by atoms with van der Waals surface area (Å²) in [4.78, 5) is 22.9. The van der Waals surface area contributed by atoms with Crippen molar-refractivity contribution < 1.29 is 22.7 Å². The Morgan fingerprint density at radius 2 is 1.90 bits per heavy atom. The summed E-state index contributed by atoms with van der Waals surface area (Å²) in [5, 5.41) is 9.29. The molecule has 0 aliphatic rings. The molecule has 0 atom stereocenters. The topological polar surface area (TPSA) is 124 Å². The average Bonchev–Trinajstić information content (AvgIpc) is 3.27. The fraction of sp³-hybridized carbons (Fsp3) is 0.100. The SMILES string of the molecule is Cc1cc(NS(=O)(=O)c2ccc3c(c2)oc(=O)n3C)ccc1-n1cccc1C(=O)O. The predicted molar refractivity (Wildman–Crippen MR) is 110 cm³/mol. The first-order valence-corrected chi connectivity index (χ1v) is 10.3. The number of aromatic carboxylic acids is 1. The number of fused-ring (bicyclic) bond motifs is 1. The molecule has 2 aromatic carbocycles.